The lowest BCUT2D eigenvalue weighted by Gasteiger charge is -2.12. The molecule has 0 fully saturated rings. The van der Waals surface area contributed by atoms with Gasteiger partial charge in [0.15, 0.2) is 0 Å². The molecule has 0 radical (unpaired) electrons. The second-order valence-corrected chi connectivity index (χ2v) is 4.15. The van der Waals surface area contributed by atoms with E-state index in [1.807, 2.05) is 13.8 Å². The Hall–Kier alpha value is -1.03. The smallest absolute Gasteiger partial charge is 0.335 e. The lowest BCUT2D eigenvalue weighted by Crippen LogP contribution is -2.10. The average molecular weight is 258 g/mol. The predicted octanol–water partition coefficient (Wildman–Crippen LogP) is 2.97. The van der Waals surface area contributed by atoms with Gasteiger partial charge in [-0.25, -0.2) is 4.79 Å². The molecule has 4 heteroatoms. The third kappa shape index (κ3) is 2.73. The van der Waals surface area contributed by atoms with Crippen LogP contribution in [0.1, 0.15) is 24.2 Å². The van der Waals surface area contributed by atoms with E-state index in [9.17, 15) is 4.79 Å². The van der Waals surface area contributed by atoms with Crippen LogP contribution in [0.25, 0.3) is 0 Å². The summed E-state index contributed by atoms with van der Waals surface area (Å²) in [5.41, 5.74) is 1.09. The van der Waals surface area contributed by atoms with E-state index in [-0.39, 0.29) is 11.6 Å². The molecule has 0 saturated carbocycles. The molecule has 2 N–H and O–H groups in total. The van der Waals surface area contributed by atoms with Crippen molar-refractivity contribution in [2.75, 3.05) is 5.32 Å². The SMILES string of the molecule is CC(C)Nc1cc(C(=O)O)ccc1Br. The lowest BCUT2D eigenvalue weighted by atomic mass is 10.2. The molecule has 1 aromatic rings. The topological polar surface area (TPSA) is 49.3 Å². The summed E-state index contributed by atoms with van der Waals surface area (Å²) in [6.45, 7) is 4.00. The van der Waals surface area contributed by atoms with Gasteiger partial charge in [-0.15, -0.1) is 0 Å². The summed E-state index contributed by atoms with van der Waals surface area (Å²) in [6.07, 6.45) is 0. The number of nitrogens with one attached hydrogen (secondary N) is 1. The number of hydrogen-bond acceptors (Lipinski definition) is 2. The number of hydrogen-bond donors (Lipinski definition) is 2. The van der Waals surface area contributed by atoms with Gasteiger partial charge in [0.25, 0.3) is 0 Å². The van der Waals surface area contributed by atoms with E-state index in [1.54, 1.807) is 18.2 Å². The number of benzene rings is 1. The maximum absolute atomic E-state index is 10.7. The van der Waals surface area contributed by atoms with Gasteiger partial charge in [0.2, 0.25) is 0 Å². The maximum Gasteiger partial charge on any atom is 0.335 e. The van der Waals surface area contributed by atoms with Crippen molar-refractivity contribution in [1.82, 2.24) is 0 Å². The fraction of sp³-hybridized carbons (Fsp3) is 0.300. The minimum absolute atomic E-state index is 0.273. The molecule has 0 aromatic heterocycles. The van der Waals surface area contributed by atoms with Crippen molar-refractivity contribution < 1.29 is 9.90 Å². The molecule has 14 heavy (non-hydrogen) atoms. The first-order chi connectivity index (χ1) is 6.50. The highest BCUT2D eigenvalue weighted by molar-refractivity contribution is 9.10. The van der Waals surface area contributed by atoms with Gasteiger partial charge in [-0.1, -0.05) is 0 Å². The molecule has 0 aliphatic carbocycles. The third-order valence-electron chi connectivity index (χ3n) is 1.66. The zero-order chi connectivity index (χ0) is 10.7. The first kappa shape index (κ1) is 11.0. The first-order valence-electron chi connectivity index (χ1n) is 4.30. The molecule has 0 unspecified atom stereocenters. The Morgan fingerprint density at radius 2 is 2.14 bits per heavy atom. The number of carbonyl (C=O) groups is 1. The number of anilines is 1. The molecular formula is C10H12BrNO2. The van der Waals surface area contributed by atoms with Gasteiger partial charge in [-0.2, -0.15) is 0 Å². The standard InChI is InChI=1S/C10H12BrNO2/c1-6(2)12-9-5-7(10(13)14)3-4-8(9)11/h3-6,12H,1-2H3,(H,13,14). The van der Waals surface area contributed by atoms with Gasteiger partial charge in [0.1, 0.15) is 0 Å². The van der Waals surface area contributed by atoms with E-state index in [1.165, 1.54) is 0 Å². The maximum atomic E-state index is 10.7. The molecule has 0 heterocycles. The number of aromatic carboxylic acids is 1. The van der Waals surface area contributed by atoms with E-state index < -0.39 is 5.97 Å². The number of carboxylic acids is 1. The van der Waals surface area contributed by atoms with Crippen LogP contribution in [0.2, 0.25) is 0 Å². The van der Waals surface area contributed by atoms with Gasteiger partial charge in [0.05, 0.1) is 5.56 Å². The molecule has 1 aromatic carbocycles. The van der Waals surface area contributed by atoms with Crippen LogP contribution in [0.5, 0.6) is 0 Å². The molecule has 0 spiro atoms. The van der Waals surface area contributed by atoms with E-state index in [0.717, 1.165) is 10.2 Å². The van der Waals surface area contributed by atoms with Crippen LogP contribution in [-0.2, 0) is 0 Å². The van der Waals surface area contributed by atoms with E-state index in [0.29, 0.717) is 0 Å². The Morgan fingerprint density at radius 3 is 2.64 bits per heavy atom. The molecule has 76 valence electrons. The van der Waals surface area contributed by atoms with Crippen LogP contribution in [0.15, 0.2) is 22.7 Å². The minimum Gasteiger partial charge on any atom is -0.478 e. The molecule has 3 nitrogen and oxygen atoms in total. The summed E-state index contributed by atoms with van der Waals surface area (Å²) < 4.78 is 0.871. The summed E-state index contributed by atoms with van der Waals surface area (Å²) in [5.74, 6) is -0.913. The summed E-state index contributed by atoms with van der Waals surface area (Å²) >= 11 is 3.35. The summed E-state index contributed by atoms with van der Waals surface area (Å²) in [6, 6.07) is 5.19. The van der Waals surface area contributed by atoms with Crippen LogP contribution in [0, 0.1) is 0 Å². The molecule has 1 rings (SSSR count). The molecule has 0 amide bonds. The van der Waals surface area contributed by atoms with Crippen molar-refractivity contribution in [2.45, 2.75) is 19.9 Å². The first-order valence-corrected chi connectivity index (χ1v) is 5.09. The van der Waals surface area contributed by atoms with Gasteiger partial charge >= 0.3 is 5.97 Å². The Kier molecular flexibility index (Phi) is 3.52. The predicted molar refractivity (Wildman–Crippen MR) is 59.9 cm³/mol. The van der Waals surface area contributed by atoms with Crippen molar-refractivity contribution in [2.24, 2.45) is 0 Å². The van der Waals surface area contributed by atoms with Crippen molar-refractivity contribution in [1.29, 1.82) is 0 Å². The summed E-state index contributed by atoms with van der Waals surface area (Å²) in [7, 11) is 0. The van der Waals surface area contributed by atoms with Crippen LogP contribution in [-0.4, -0.2) is 17.1 Å². The Labute approximate surface area is 91.3 Å². The molecule has 0 aliphatic heterocycles. The van der Waals surface area contributed by atoms with Crippen LogP contribution >= 0.6 is 15.9 Å². The van der Waals surface area contributed by atoms with E-state index in [2.05, 4.69) is 21.2 Å². The van der Waals surface area contributed by atoms with Gasteiger partial charge < -0.3 is 10.4 Å². The normalized spacial score (nSPS) is 10.3. The zero-order valence-corrected chi connectivity index (χ0v) is 9.63. The van der Waals surface area contributed by atoms with Gasteiger partial charge in [0, 0.05) is 16.2 Å². The lowest BCUT2D eigenvalue weighted by molar-refractivity contribution is 0.0697. The summed E-state index contributed by atoms with van der Waals surface area (Å²) in [5, 5.41) is 11.9. The third-order valence-corrected chi connectivity index (χ3v) is 2.35. The van der Waals surface area contributed by atoms with E-state index >= 15 is 0 Å². The molecule has 0 saturated heterocycles. The van der Waals surface area contributed by atoms with Gasteiger partial charge in [-0.05, 0) is 48.0 Å². The highest BCUT2D eigenvalue weighted by atomic mass is 79.9. The van der Waals surface area contributed by atoms with Crippen molar-refractivity contribution in [3.8, 4) is 0 Å². The second kappa shape index (κ2) is 4.46. The van der Waals surface area contributed by atoms with Crippen LogP contribution in [0.4, 0.5) is 5.69 Å². The van der Waals surface area contributed by atoms with Crippen LogP contribution < -0.4 is 5.32 Å². The molecule has 0 bridgehead atoms. The zero-order valence-electron chi connectivity index (χ0n) is 8.04. The van der Waals surface area contributed by atoms with Crippen LogP contribution in [0.3, 0.4) is 0 Å². The van der Waals surface area contributed by atoms with Gasteiger partial charge in [-0.3, -0.25) is 0 Å². The fourth-order valence-electron chi connectivity index (χ4n) is 1.08. The number of rotatable bonds is 3. The molecule has 0 atom stereocenters. The fourth-order valence-corrected chi connectivity index (χ4v) is 1.44. The second-order valence-electron chi connectivity index (χ2n) is 3.30. The Bertz CT molecular complexity index is 350. The largest absolute Gasteiger partial charge is 0.478 e. The quantitative estimate of drug-likeness (QED) is 0.876. The Balaban J connectivity index is 3.02. The molecule has 0 aliphatic rings. The Morgan fingerprint density at radius 1 is 1.50 bits per heavy atom. The average Bonchev–Trinajstić information content (AvgIpc) is 2.07. The summed E-state index contributed by atoms with van der Waals surface area (Å²) in [4.78, 5) is 10.7. The minimum atomic E-state index is -0.913. The number of halogens is 1. The number of carboxylic acid groups (broad SMARTS) is 1. The monoisotopic (exact) mass is 257 g/mol. The van der Waals surface area contributed by atoms with Crippen molar-refractivity contribution in [3.63, 3.8) is 0 Å². The molecular weight excluding hydrogens is 246 g/mol. The van der Waals surface area contributed by atoms with E-state index in [4.69, 9.17) is 5.11 Å². The van der Waals surface area contributed by atoms with Crippen molar-refractivity contribution in [3.05, 3.63) is 28.2 Å². The van der Waals surface area contributed by atoms with Crippen molar-refractivity contribution >= 4 is 27.6 Å². The highest BCUT2D eigenvalue weighted by Gasteiger charge is 2.07. The highest BCUT2D eigenvalue weighted by Crippen LogP contribution is 2.24.